The van der Waals surface area contributed by atoms with Crippen molar-refractivity contribution in [2.45, 2.75) is 50.1 Å². The Morgan fingerprint density at radius 2 is 1.52 bits per heavy atom. The number of hydrogen-bond acceptors (Lipinski definition) is 3. The Kier molecular flexibility index (Phi) is 4.12. The quantitative estimate of drug-likeness (QED) is 0.871. The van der Waals surface area contributed by atoms with Crippen LogP contribution in [0.3, 0.4) is 0 Å². The summed E-state index contributed by atoms with van der Waals surface area (Å²) < 4.78 is 13.2. The van der Waals surface area contributed by atoms with Crippen molar-refractivity contribution in [2.24, 2.45) is 0 Å². The summed E-state index contributed by atoms with van der Waals surface area (Å²) in [4.78, 5) is 4.52. The summed E-state index contributed by atoms with van der Waals surface area (Å²) in [6.07, 6.45) is 9.58. The summed E-state index contributed by atoms with van der Waals surface area (Å²) >= 11 is 0. The number of aromatic nitrogens is 3. The molecule has 1 aromatic heterocycles. The molecule has 1 saturated carbocycles. The smallest absolute Gasteiger partial charge is 0.123 e. The van der Waals surface area contributed by atoms with Crippen LogP contribution >= 0.6 is 0 Å². The van der Waals surface area contributed by atoms with E-state index in [0.29, 0.717) is 18.0 Å². The van der Waals surface area contributed by atoms with E-state index in [2.05, 4.69) is 15.1 Å². The topological polar surface area (TPSA) is 34.0 Å². The SMILES string of the molecule is Fc1ccc(C2CC(N3CCCCC3)C(n3nccn3)C2)cc1. The molecule has 0 spiro atoms. The molecular weight excluding hydrogens is 291 g/mol. The van der Waals surface area contributed by atoms with Crippen molar-refractivity contribution >= 4 is 0 Å². The minimum atomic E-state index is -0.162. The van der Waals surface area contributed by atoms with Crippen LogP contribution in [-0.4, -0.2) is 39.0 Å². The lowest BCUT2D eigenvalue weighted by atomic mass is 9.97. The molecule has 1 aliphatic carbocycles. The van der Waals surface area contributed by atoms with E-state index in [0.717, 1.165) is 12.8 Å². The maximum atomic E-state index is 13.2. The van der Waals surface area contributed by atoms with Gasteiger partial charge in [0.25, 0.3) is 0 Å². The summed E-state index contributed by atoms with van der Waals surface area (Å²) in [6, 6.07) is 7.82. The predicted molar refractivity (Wildman–Crippen MR) is 86.6 cm³/mol. The van der Waals surface area contributed by atoms with Gasteiger partial charge in [-0.25, -0.2) is 4.39 Å². The summed E-state index contributed by atoms with van der Waals surface area (Å²) in [5, 5.41) is 8.81. The minimum absolute atomic E-state index is 0.162. The van der Waals surface area contributed by atoms with Gasteiger partial charge in [0.15, 0.2) is 0 Å². The van der Waals surface area contributed by atoms with Gasteiger partial charge in [0, 0.05) is 6.04 Å². The summed E-state index contributed by atoms with van der Waals surface area (Å²) in [5.74, 6) is 0.295. The highest BCUT2D eigenvalue weighted by molar-refractivity contribution is 5.23. The van der Waals surface area contributed by atoms with E-state index in [4.69, 9.17) is 0 Å². The third-order valence-corrected chi connectivity index (χ3v) is 5.43. The van der Waals surface area contributed by atoms with Crippen LogP contribution in [0.4, 0.5) is 4.39 Å². The molecule has 5 heteroatoms. The van der Waals surface area contributed by atoms with E-state index in [9.17, 15) is 4.39 Å². The zero-order valence-corrected chi connectivity index (χ0v) is 13.3. The van der Waals surface area contributed by atoms with Gasteiger partial charge >= 0.3 is 0 Å². The molecular formula is C18H23FN4. The van der Waals surface area contributed by atoms with Crippen molar-refractivity contribution in [2.75, 3.05) is 13.1 Å². The van der Waals surface area contributed by atoms with Crippen molar-refractivity contribution in [1.82, 2.24) is 19.9 Å². The fourth-order valence-corrected chi connectivity index (χ4v) is 4.29. The van der Waals surface area contributed by atoms with Crippen molar-refractivity contribution in [1.29, 1.82) is 0 Å². The van der Waals surface area contributed by atoms with Gasteiger partial charge in [-0.2, -0.15) is 15.0 Å². The molecule has 122 valence electrons. The highest BCUT2D eigenvalue weighted by Gasteiger charge is 2.40. The normalized spacial score (nSPS) is 29.0. The van der Waals surface area contributed by atoms with Gasteiger partial charge in [-0.1, -0.05) is 18.6 Å². The van der Waals surface area contributed by atoms with Crippen LogP contribution in [0.5, 0.6) is 0 Å². The Hall–Kier alpha value is -1.75. The molecule has 1 aromatic carbocycles. The Labute approximate surface area is 136 Å². The molecule has 2 heterocycles. The third kappa shape index (κ3) is 3.02. The standard InChI is InChI=1S/C18H23FN4/c19-16-6-4-14(5-7-16)15-12-17(22-10-2-1-3-11-22)18(13-15)23-20-8-9-21-23/h4-9,15,17-18H,1-3,10-13H2. The molecule has 4 nitrogen and oxygen atoms in total. The van der Waals surface area contributed by atoms with Crippen LogP contribution in [-0.2, 0) is 0 Å². The first-order valence-corrected chi connectivity index (χ1v) is 8.66. The number of piperidine rings is 1. The van der Waals surface area contributed by atoms with Gasteiger partial charge in [-0.15, -0.1) is 0 Å². The second-order valence-electron chi connectivity index (χ2n) is 6.80. The molecule has 4 rings (SSSR count). The molecule has 0 amide bonds. The molecule has 3 atom stereocenters. The van der Waals surface area contributed by atoms with E-state index in [1.165, 1.54) is 37.9 Å². The van der Waals surface area contributed by atoms with Gasteiger partial charge in [0.2, 0.25) is 0 Å². The Morgan fingerprint density at radius 1 is 0.870 bits per heavy atom. The molecule has 0 radical (unpaired) electrons. The second kappa shape index (κ2) is 6.40. The van der Waals surface area contributed by atoms with Crippen LogP contribution in [0.1, 0.15) is 49.6 Å². The number of rotatable bonds is 3. The lowest BCUT2D eigenvalue weighted by Crippen LogP contribution is -2.42. The molecule has 0 N–H and O–H groups in total. The van der Waals surface area contributed by atoms with Crippen molar-refractivity contribution < 1.29 is 4.39 Å². The Balaban J connectivity index is 1.58. The predicted octanol–water partition coefficient (Wildman–Crippen LogP) is 3.39. The van der Waals surface area contributed by atoms with Crippen LogP contribution in [0.25, 0.3) is 0 Å². The number of likely N-dealkylation sites (tertiary alicyclic amines) is 1. The summed E-state index contributed by atoms with van der Waals surface area (Å²) in [7, 11) is 0. The zero-order valence-electron chi connectivity index (χ0n) is 13.3. The van der Waals surface area contributed by atoms with Crippen LogP contribution in [0, 0.1) is 5.82 Å². The highest BCUT2D eigenvalue weighted by Crippen LogP contribution is 2.43. The first-order valence-electron chi connectivity index (χ1n) is 8.66. The lowest BCUT2D eigenvalue weighted by molar-refractivity contribution is 0.125. The first kappa shape index (κ1) is 14.8. The molecule has 3 unspecified atom stereocenters. The number of nitrogens with zero attached hydrogens (tertiary/aromatic N) is 4. The molecule has 2 aliphatic rings. The van der Waals surface area contributed by atoms with E-state index in [-0.39, 0.29) is 5.82 Å². The van der Waals surface area contributed by atoms with Gasteiger partial charge in [0.1, 0.15) is 5.82 Å². The Bertz CT molecular complexity index is 619. The lowest BCUT2D eigenvalue weighted by Gasteiger charge is -2.35. The van der Waals surface area contributed by atoms with E-state index in [1.54, 1.807) is 24.5 Å². The fourth-order valence-electron chi connectivity index (χ4n) is 4.29. The largest absolute Gasteiger partial charge is 0.298 e. The molecule has 2 fully saturated rings. The molecule has 0 bridgehead atoms. The summed E-state index contributed by atoms with van der Waals surface area (Å²) in [5.41, 5.74) is 1.24. The molecule has 1 aliphatic heterocycles. The summed E-state index contributed by atoms with van der Waals surface area (Å²) in [6.45, 7) is 2.36. The third-order valence-electron chi connectivity index (χ3n) is 5.43. The number of hydrogen-bond donors (Lipinski definition) is 0. The van der Waals surface area contributed by atoms with Gasteiger partial charge in [0.05, 0.1) is 18.4 Å². The fraction of sp³-hybridized carbons (Fsp3) is 0.556. The van der Waals surface area contributed by atoms with Crippen LogP contribution in [0.15, 0.2) is 36.7 Å². The van der Waals surface area contributed by atoms with Crippen molar-refractivity contribution in [3.8, 4) is 0 Å². The average molecular weight is 314 g/mol. The van der Waals surface area contributed by atoms with Gasteiger partial charge in [-0.05, 0) is 62.4 Å². The maximum Gasteiger partial charge on any atom is 0.123 e. The molecule has 23 heavy (non-hydrogen) atoms. The van der Waals surface area contributed by atoms with E-state index >= 15 is 0 Å². The highest BCUT2D eigenvalue weighted by atomic mass is 19.1. The number of benzene rings is 1. The minimum Gasteiger partial charge on any atom is -0.298 e. The second-order valence-corrected chi connectivity index (χ2v) is 6.80. The maximum absolute atomic E-state index is 13.2. The molecule has 2 aromatic rings. The number of halogens is 1. The van der Waals surface area contributed by atoms with Gasteiger partial charge < -0.3 is 0 Å². The molecule has 1 saturated heterocycles. The first-order chi connectivity index (χ1) is 11.3. The van der Waals surface area contributed by atoms with E-state index < -0.39 is 0 Å². The monoisotopic (exact) mass is 314 g/mol. The van der Waals surface area contributed by atoms with E-state index in [1.807, 2.05) is 16.9 Å². The van der Waals surface area contributed by atoms with Crippen LogP contribution in [0.2, 0.25) is 0 Å². The van der Waals surface area contributed by atoms with Crippen molar-refractivity contribution in [3.63, 3.8) is 0 Å². The average Bonchev–Trinajstić information content (AvgIpc) is 3.26. The zero-order chi connectivity index (χ0) is 15.6. The van der Waals surface area contributed by atoms with Gasteiger partial charge in [-0.3, -0.25) is 4.90 Å². The van der Waals surface area contributed by atoms with Crippen molar-refractivity contribution in [3.05, 3.63) is 48.0 Å². The van der Waals surface area contributed by atoms with Crippen LogP contribution < -0.4 is 0 Å². The Morgan fingerprint density at radius 3 is 2.22 bits per heavy atom.